The van der Waals surface area contributed by atoms with Crippen LogP contribution in [0.4, 0.5) is 0 Å². The van der Waals surface area contributed by atoms with Gasteiger partial charge in [0.2, 0.25) is 0 Å². The number of Topliss-reactive ketones (excluding diaryl/α,β-unsaturated/α-hetero) is 1. The number of carbonyl (C=O) groups excluding carboxylic acids is 1. The number of aryl methyl sites for hydroxylation is 2. The van der Waals surface area contributed by atoms with Crippen molar-refractivity contribution >= 4 is 16.8 Å². The van der Waals surface area contributed by atoms with Gasteiger partial charge in [-0.25, -0.2) is 4.79 Å². The van der Waals surface area contributed by atoms with Crippen molar-refractivity contribution in [2.24, 2.45) is 0 Å². The van der Waals surface area contributed by atoms with Crippen LogP contribution in [-0.2, 0) is 6.61 Å². The first-order valence-electron chi connectivity index (χ1n) is 8.28. The quantitative estimate of drug-likeness (QED) is 0.505. The maximum absolute atomic E-state index is 11.9. The molecule has 0 saturated heterocycles. The molecule has 25 heavy (non-hydrogen) atoms. The molecule has 0 saturated carbocycles. The molecule has 3 aromatic rings. The lowest BCUT2D eigenvalue weighted by atomic mass is 10.0. The van der Waals surface area contributed by atoms with Gasteiger partial charge in [0.05, 0.1) is 0 Å². The number of hydrogen-bond donors (Lipinski definition) is 0. The summed E-state index contributed by atoms with van der Waals surface area (Å²) >= 11 is 0. The average molecular weight is 336 g/mol. The predicted molar refractivity (Wildman–Crippen MR) is 97.4 cm³/mol. The van der Waals surface area contributed by atoms with E-state index in [2.05, 4.69) is 0 Å². The van der Waals surface area contributed by atoms with Gasteiger partial charge in [0.1, 0.15) is 17.9 Å². The standard InChI is InChI=1S/C21H20O4/c1-4-19(22)15-6-8-17(9-7-15)24-12-16-11-20(23)25-21-14(3)13(2)5-10-18(16)21/h5-11H,4,12H2,1-3H3. The number of benzene rings is 2. The predicted octanol–water partition coefficient (Wildman–Crippen LogP) is 4.58. The molecule has 1 aromatic heterocycles. The number of hydrogen-bond acceptors (Lipinski definition) is 4. The highest BCUT2D eigenvalue weighted by atomic mass is 16.5. The van der Waals surface area contributed by atoms with Crippen molar-refractivity contribution in [1.82, 2.24) is 0 Å². The summed E-state index contributed by atoms with van der Waals surface area (Å²) in [5.74, 6) is 0.752. The smallest absolute Gasteiger partial charge is 0.336 e. The zero-order valence-corrected chi connectivity index (χ0v) is 14.6. The van der Waals surface area contributed by atoms with E-state index in [9.17, 15) is 9.59 Å². The molecule has 0 N–H and O–H groups in total. The molecule has 4 heteroatoms. The van der Waals surface area contributed by atoms with Crippen LogP contribution in [0.2, 0.25) is 0 Å². The van der Waals surface area contributed by atoms with Gasteiger partial charge in [-0.1, -0.05) is 19.1 Å². The molecule has 0 fully saturated rings. The zero-order valence-electron chi connectivity index (χ0n) is 14.6. The Kier molecular flexibility index (Phi) is 4.70. The van der Waals surface area contributed by atoms with Gasteiger partial charge in [-0.05, 0) is 49.2 Å². The summed E-state index contributed by atoms with van der Waals surface area (Å²) < 4.78 is 11.2. The molecule has 0 aliphatic carbocycles. The van der Waals surface area contributed by atoms with Gasteiger partial charge < -0.3 is 9.15 Å². The molecule has 3 rings (SSSR count). The fourth-order valence-electron chi connectivity index (χ4n) is 2.75. The van der Waals surface area contributed by atoms with Gasteiger partial charge in [-0.2, -0.15) is 0 Å². The molecular weight excluding hydrogens is 316 g/mol. The van der Waals surface area contributed by atoms with E-state index in [0.29, 0.717) is 23.3 Å². The first kappa shape index (κ1) is 17.0. The first-order chi connectivity index (χ1) is 12.0. The number of rotatable bonds is 5. The lowest BCUT2D eigenvalue weighted by Crippen LogP contribution is -2.05. The Morgan fingerprint density at radius 2 is 1.80 bits per heavy atom. The summed E-state index contributed by atoms with van der Waals surface area (Å²) in [4.78, 5) is 23.5. The Bertz CT molecular complexity index is 981. The van der Waals surface area contributed by atoms with Crippen molar-refractivity contribution in [2.45, 2.75) is 33.8 Å². The van der Waals surface area contributed by atoms with E-state index in [1.54, 1.807) is 24.3 Å². The molecule has 0 aliphatic heterocycles. The molecular formula is C21H20O4. The van der Waals surface area contributed by atoms with Crippen LogP contribution in [0.25, 0.3) is 11.0 Å². The first-order valence-corrected chi connectivity index (χ1v) is 8.28. The van der Waals surface area contributed by atoms with E-state index >= 15 is 0 Å². The number of ether oxygens (including phenoxy) is 1. The van der Waals surface area contributed by atoms with Crippen molar-refractivity contribution in [1.29, 1.82) is 0 Å². The monoisotopic (exact) mass is 336 g/mol. The second kappa shape index (κ2) is 6.93. The number of fused-ring (bicyclic) bond motifs is 1. The maximum Gasteiger partial charge on any atom is 0.336 e. The highest BCUT2D eigenvalue weighted by Crippen LogP contribution is 2.24. The van der Waals surface area contributed by atoms with E-state index in [-0.39, 0.29) is 18.0 Å². The highest BCUT2D eigenvalue weighted by Gasteiger charge is 2.10. The third-order valence-corrected chi connectivity index (χ3v) is 4.41. The maximum atomic E-state index is 11.9. The van der Waals surface area contributed by atoms with E-state index < -0.39 is 0 Å². The lowest BCUT2D eigenvalue weighted by Gasteiger charge is -2.10. The molecule has 0 aliphatic rings. The van der Waals surface area contributed by atoms with Crippen LogP contribution in [0.5, 0.6) is 5.75 Å². The summed E-state index contributed by atoms with van der Waals surface area (Å²) in [7, 11) is 0. The van der Waals surface area contributed by atoms with E-state index in [0.717, 1.165) is 22.1 Å². The van der Waals surface area contributed by atoms with Crippen LogP contribution in [0.3, 0.4) is 0 Å². The van der Waals surface area contributed by atoms with Crippen LogP contribution in [0.1, 0.15) is 40.4 Å². The average Bonchev–Trinajstić information content (AvgIpc) is 2.63. The molecule has 128 valence electrons. The number of ketones is 1. The van der Waals surface area contributed by atoms with Gasteiger partial charge in [0.25, 0.3) is 0 Å². The van der Waals surface area contributed by atoms with Crippen LogP contribution < -0.4 is 10.4 Å². The van der Waals surface area contributed by atoms with Gasteiger partial charge in [-0.15, -0.1) is 0 Å². The van der Waals surface area contributed by atoms with Gasteiger partial charge >= 0.3 is 5.63 Å². The Morgan fingerprint density at radius 3 is 2.48 bits per heavy atom. The van der Waals surface area contributed by atoms with E-state index in [4.69, 9.17) is 9.15 Å². The second-order valence-corrected chi connectivity index (χ2v) is 6.06. The fourth-order valence-corrected chi connectivity index (χ4v) is 2.75. The molecule has 2 aromatic carbocycles. The molecule has 0 atom stereocenters. The minimum Gasteiger partial charge on any atom is -0.489 e. The highest BCUT2D eigenvalue weighted by molar-refractivity contribution is 5.95. The Morgan fingerprint density at radius 1 is 1.08 bits per heavy atom. The second-order valence-electron chi connectivity index (χ2n) is 6.06. The minimum atomic E-state index is -0.385. The van der Waals surface area contributed by atoms with Crippen LogP contribution in [0.15, 0.2) is 51.7 Å². The topological polar surface area (TPSA) is 56.5 Å². The Hall–Kier alpha value is -2.88. The molecule has 4 nitrogen and oxygen atoms in total. The molecule has 0 spiro atoms. The van der Waals surface area contributed by atoms with Gasteiger partial charge in [-0.3, -0.25) is 4.79 Å². The van der Waals surface area contributed by atoms with Crippen LogP contribution >= 0.6 is 0 Å². The minimum absolute atomic E-state index is 0.101. The Labute approximate surface area is 146 Å². The summed E-state index contributed by atoms with van der Waals surface area (Å²) in [6.45, 7) is 6.01. The summed E-state index contributed by atoms with van der Waals surface area (Å²) in [6.07, 6.45) is 0.477. The lowest BCUT2D eigenvalue weighted by molar-refractivity contribution is 0.0988. The summed E-state index contributed by atoms with van der Waals surface area (Å²) in [5.41, 5.74) is 3.71. The molecule has 0 unspecified atom stereocenters. The van der Waals surface area contributed by atoms with Gasteiger partial charge in [0.15, 0.2) is 5.78 Å². The molecule has 0 bridgehead atoms. The largest absolute Gasteiger partial charge is 0.489 e. The molecule has 0 radical (unpaired) electrons. The number of carbonyl (C=O) groups is 1. The van der Waals surface area contributed by atoms with Crippen molar-refractivity contribution in [3.8, 4) is 5.75 Å². The van der Waals surface area contributed by atoms with Crippen LogP contribution in [0, 0.1) is 13.8 Å². The van der Waals surface area contributed by atoms with Crippen molar-refractivity contribution in [3.05, 3.63) is 75.1 Å². The van der Waals surface area contributed by atoms with E-state index in [1.165, 1.54) is 6.07 Å². The van der Waals surface area contributed by atoms with Crippen molar-refractivity contribution in [2.75, 3.05) is 0 Å². The summed E-state index contributed by atoms with van der Waals surface area (Å²) in [6, 6.07) is 12.5. The Balaban J connectivity index is 1.87. The third kappa shape index (κ3) is 3.48. The molecule has 1 heterocycles. The van der Waals surface area contributed by atoms with Crippen molar-refractivity contribution < 1.29 is 13.9 Å². The van der Waals surface area contributed by atoms with Gasteiger partial charge in [0, 0.05) is 29.0 Å². The van der Waals surface area contributed by atoms with E-state index in [1.807, 2.05) is 32.9 Å². The molecule has 0 amide bonds. The SMILES string of the molecule is CCC(=O)c1ccc(OCc2cc(=O)oc3c(C)c(C)ccc23)cc1. The zero-order chi connectivity index (χ0) is 18.0. The summed E-state index contributed by atoms with van der Waals surface area (Å²) in [5, 5.41) is 0.875. The van der Waals surface area contributed by atoms with Crippen molar-refractivity contribution in [3.63, 3.8) is 0 Å². The normalized spacial score (nSPS) is 10.8. The fraction of sp³-hybridized carbons (Fsp3) is 0.238. The third-order valence-electron chi connectivity index (χ3n) is 4.41. The van der Waals surface area contributed by atoms with Crippen LogP contribution in [-0.4, -0.2) is 5.78 Å².